The van der Waals surface area contributed by atoms with E-state index < -0.39 is 5.41 Å². The Hall–Kier alpha value is -0.920. The van der Waals surface area contributed by atoms with Crippen LogP contribution in [-0.4, -0.2) is 6.54 Å². The van der Waals surface area contributed by atoms with Gasteiger partial charge in [0.25, 0.3) is 0 Å². The average Bonchev–Trinajstić information content (AvgIpc) is 2.21. The smallest absolute Gasteiger partial charge is 0.128 e. The van der Waals surface area contributed by atoms with E-state index in [-0.39, 0.29) is 5.82 Å². The Morgan fingerprint density at radius 1 is 1.50 bits per heavy atom. The van der Waals surface area contributed by atoms with Crippen molar-refractivity contribution in [1.82, 2.24) is 5.32 Å². The second kappa shape index (κ2) is 5.42. The summed E-state index contributed by atoms with van der Waals surface area (Å²) in [6.07, 6.45) is 0. The molecule has 0 heterocycles. The molecule has 1 rings (SSSR count). The molecule has 0 bridgehead atoms. The number of nitrogens with zero attached hydrogens (tertiary/aromatic N) is 1. The van der Waals surface area contributed by atoms with E-state index in [0.29, 0.717) is 18.7 Å². The van der Waals surface area contributed by atoms with Gasteiger partial charge in [0.15, 0.2) is 0 Å². The number of nitrogens with one attached hydrogen (secondary N) is 1. The maximum atomic E-state index is 13.4. The Balaban J connectivity index is 2.53. The number of halogens is 2. The Morgan fingerprint density at radius 3 is 2.75 bits per heavy atom. The molecular formula is C12H14BrFN2. The summed E-state index contributed by atoms with van der Waals surface area (Å²) in [6, 6.07) is 7.15. The summed E-state index contributed by atoms with van der Waals surface area (Å²) >= 11 is 3.20. The summed E-state index contributed by atoms with van der Waals surface area (Å²) in [5.74, 6) is -0.239. The van der Waals surface area contributed by atoms with Crippen molar-refractivity contribution < 1.29 is 4.39 Å². The van der Waals surface area contributed by atoms with E-state index in [0.717, 1.165) is 4.47 Å². The van der Waals surface area contributed by atoms with Crippen LogP contribution in [0, 0.1) is 22.6 Å². The van der Waals surface area contributed by atoms with Crippen LogP contribution in [0.1, 0.15) is 19.4 Å². The number of hydrogen-bond donors (Lipinski definition) is 1. The first kappa shape index (κ1) is 13.1. The summed E-state index contributed by atoms with van der Waals surface area (Å²) in [5, 5.41) is 11.9. The van der Waals surface area contributed by atoms with Crippen molar-refractivity contribution in [3.8, 4) is 6.07 Å². The van der Waals surface area contributed by atoms with E-state index in [2.05, 4.69) is 27.3 Å². The second-order valence-electron chi connectivity index (χ2n) is 4.33. The van der Waals surface area contributed by atoms with Gasteiger partial charge in [-0.15, -0.1) is 0 Å². The molecule has 0 spiro atoms. The van der Waals surface area contributed by atoms with Crippen LogP contribution in [0.5, 0.6) is 0 Å². The lowest BCUT2D eigenvalue weighted by Gasteiger charge is -2.16. The highest BCUT2D eigenvalue weighted by atomic mass is 79.9. The molecule has 0 fully saturated rings. The maximum Gasteiger partial charge on any atom is 0.128 e. The van der Waals surface area contributed by atoms with Gasteiger partial charge in [0.05, 0.1) is 11.5 Å². The Bertz CT molecular complexity index is 410. The first-order chi connectivity index (χ1) is 7.44. The standard InChI is InChI=1S/C12H14BrFN2/c1-12(2,7-15)8-16-6-9-3-4-10(13)5-11(9)14/h3-5,16H,6,8H2,1-2H3. The van der Waals surface area contributed by atoms with Crippen LogP contribution in [0.3, 0.4) is 0 Å². The first-order valence-corrected chi connectivity index (χ1v) is 5.80. The van der Waals surface area contributed by atoms with Crippen LogP contribution in [0.25, 0.3) is 0 Å². The van der Waals surface area contributed by atoms with Crippen molar-refractivity contribution in [2.45, 2.75) is 20.4 Å². The molecule has 0 aliphatic carbocycles. The maximum absolute atomic E-state index is 13.4. The summed E-state index contributed by atoms with van der Waals surface area (Å²) in [5.41, 5.74) is 0.184. The third kappa shape index (κ3) is 3.92. The lowest BCUT2D eigenvalue weighted by Crippen LogP contribution is -2.27. The highest BCUT2D eigenvalue weighted by Gasteiger charge is 2.15. The van der Waals surface area contributed by atoms with Crippen molar-refractivity contribution in [3.05, 3.63) is 34.1 Å². The fourth-order valence-corrected chi connectivity index (χ4v) is 1.55. The lowest BCUT2D eigenvalue weighted by atomic mass is 9.96. The molecule has 0 aliphatic rings. The number of benzene rings is 1. The molecule has 2 nitrogen and oxygen atoms in total. The molecule has 16 heavy (non-hydrogen) atoms. The van der Waals surface area contributed by atoms with E-state index in [4.69, 9.17) is 5.26 Å². The van der Waals surface area contributed by atoms with Crippen LogP contribution in [0.4, 0.5) is 4.39 Å². The minimum atomic E-state index is -0.425. The molecule has 0 saturated heterocycles. The van der Waals surface area contributed by atoms with Crippen LogP contribution < -0.4 is 5.32 Å². The molecule has 0 amide bonds. The molecule has 1 aromatic rings. The summed E-state index contributed by atoms with van der Waals surface area (Å²) in [4.78, 5) is 0. The molecule has 86 valence electrons. The van der Waals surface area contributed by atoms with Gasteiger partial charge in [0.2, 0.25) is 0 Å². The van der Waals surface area contributed by atoms with E-state index in [9.17, 15) is 4.39 Å². The minimum Gasteiger partial charge on any atom is -0.311 e. The average molecular weight is 285 g/mol. The van der Waals surface area contributed by atoms with Crippen LogP contribution in [-0.2, 0) is 6.54 Å². The fraction of sp³-hybridized carbons (Fsp3) is 0.417. The zero-order chi connectivity index (χ0) is 12.2. The third-order valence-corrected chi connectivity index (χ3v) is 2.69. The van der Waals surface area contributed by atoms with Crippen molar-refractivity contribution >= 4 is 15.9 Å². The topological polar surface area (TPSA) is 35.8 Å². The quantitative estimate of drug-likeness (QED) is 0.922. The molecular weight excluding hydrogens is 271 g/mol. The Labute approximate surface area is 104 Å². The molecule has 0 atom stereocenters. The Kier molecular flexibility index (Phi) is 4.45. The first-order valence-electron chi connectivity index (χ1n) is 5.00. The zero-order valence-corrected chi connectivity index (χ0v) is 10.9. The van der Waals surface area contributed by atoms with Gasteiger partial charge in [-0.2, -0.15) is 5.26 Å². The van der Waals surface area contributed by atoms with Crippen molar-refractivity contribution in [2.75, 3.05) is 6.54 Å². The second-order valence-corrected chi connectivity index (χ2v) is 5.25. The van der Waals surface area contributed by atoms with Crippen molar-refractivity contribution in [3.63, 3.8) is 0 Å². The normalized spacial score (nSPS) is 11.2. The third-order valence-electron chi connectivity index (χ3n) is 2.20. The van der Waals surface area contributed by atoms with Crippen LogP contribution in [0.2, 0.25) is 0 Å². The SMILES string of the molecule is CC(C)(C#N)CNCc1ccc(Br)cc1F. The van der Waals surface area contributed by atoms with Gasteiger partial charge in [-0.05, 0) is 26.0 Å². The minimum absolute atomic E-state index is 0.239. The number of rotatable bonds is 4. The monoisotopic (exact) mass is 284 g/mol. The van der Waals surface area contributed by atoms with Gasteiger partial charge in [-0.25, -0.2) is 4.39 Å². The predicted octanol–water partition coefficient (Wildman–Crippen LogP) is 3.23. The highest BCUT2D eigenvalue weighted by molar-refractivity contribution is 9.10. The van der Waals surface area contributed by atoms with E-state index in [1.165, 1.54) is 6.07 Å². The van der Waals surface area contributed by atoms with Gasteiger partial charge in [0.1, 0.15) is 5.82 Å². The fourth-order valence-electron chi connectivity index (χ4n) is 1.21. The highest BCUT2D eigenvalue weighted by Crippen LogP contribution is 2.16. The molecule has 0 radical (unpaired) electrons. The zero-order valence-electron chi connectivity index (χ0n) is 9.35. The summed E-state index contributed by atoms with van der Waals surface area (Å²) in [7, 11) is 0. The van der Waals surface area contributed by atoms with Crippen LogP contribution in [0.15, 0.2) is 22.7 Å². The number of hydrogen-bond acceptors (Lipinski definition) is 2. The molecule has 0 aliphatic heterocycles. The van der Waals surface area contributed by atoms with Gasteiger partial charge >= 0.3 is 0 Å². The van der Waals surface area contributed by atoms with E-state index >= 15 is 0 Å². The number of nitriles is 1. The van der Waals surface area contributed by atoms with Gasteiger partial charge in [0, 0.05) is 23.1 Å². The van der Waals surface area contributed by atoms with Crippen molar-refractivity contribution in [2.24, 2.45) is 5.41 Å². The molecule has 0 aromatic heterocycles. The predicted molar refractivity (Wildman–Crippen MR) is 65.2 cm³/mol. The van der Waals surface area contributed by atoms with E-state index in [1.807, 2.05) is 13.8 Å². The largest absolute Gasteiger partial charge is 0.311 e. The molecule has 1 N–H and O–H groups in total. The van der Waals surface area contributed by atoms with Crippen molar-refractivity contribution in [1.29, 1.82) is 5.26 Å². The van der Waals surface area contributed by atoms with Crippen LogP contribution >= 0.6 is 15.9 Å². The van der Waals surface area contributed by atoms with Gasteiger partial charge in [-0.3, -0.25) is 0 Å². The molecule has 1 aromatic carbocycles. The molecule has 0 unspecified atom stereocenters. The summed E-state index contributed by atoms with van der Waals surface area (Å²) in [6.45, 7) is 4.67. The molecule has 4 heteroatoms. The lowest BCUT2D eigenvalue weighted by molar-refractivity contribution is 0.441. The summed E-state index contributed by atoms with van der Waals surface area (Å²) < 4.78 is 14.1. The van der Waals surface area contributed by atoms with Gasteiger partial charge < -0.3 is 5.32 Å². The van der Waals surface area contributed by atoms with Gasteiger partial charge in [-0.1, -0.05) is 22.0 Å². The molecule has 0 saturated carbocycles. The van der Waals surface area contributed by atoms with E-state index in [1.54, 1.807) is 12.1 Å². The Morgan fingerprint density at radius 2 is 2.19 bits per heavy atom.